The molecule has 0 bridgehead atoms. The number of amides is 2. The summed E-state index contributed by atoms with van der Waals surface area (Å²) in [5.74, 6) is 0.148. The summed E-state index contributed by atoms with van der Waals surface area (Å²) in [4.78, 5) is 30.8. The highest BCUT2D eigenvalue weighted by Crippen LogP contribution is 2.35. The zero-order valence-electron chi connectivity index (χ0n) is 17.1. The SMILES string of the molecule is CC(=O)N1C=Cc2ccccc2C1CC(=O)Nc1ccccc1Oc1ncc(Cl)cc1Cl. The molecule has 0 saturated carbocycles. The predicted octanol–water partition coefficient (Wildman–Crippen LogP) is 6.08. The number of nitrogens with one attached hydrogen (secondary N) is 1. The molecule has 2 aromatic carbocycles. The number of ether oxygens (including phenoxy) is 1. The predicted molar refractivity (Wildman–Crippen MR) is 125 cm³/mol. The molecule has 1 unspecified atom stereocenters. The molecule has 1 aliphatic rings. The van der Waals surface area contributed by atoms with Crippen LogP contribution in [0.25, 0.3) is 6.08 Å². The van der Waals surface area contributed by atoms with Crippen molar-refractivity contribution >= 4 is 46.8 Å². The molecule has 2 amide bonds. The number of hydrogen-bond donors (Lipinski definition) is 1. The maximum Gasteiger partial charge on any atom is 0.238 e. The van der Waals surface area contributed by atoms with Crippen molar-refractivity contribution < 1.29 is 14.3 Å². The van der Waals surface area contributed by atoms with Crippen molar-refractivity contribution in [2.45, 2.75) is 19.4 Å². The van der Waals surface area contributed by atoms with E-state index in [0.717, 1.165) is 11.1 Å². The van der Waals surface area contributed by atoms with Crippen LogP contribution in [-0.2, 0) is 9.59 Å². The number of carbonyl (C=O) groups excluding carboxylic acids is 2. The lowest BCUT2D eigenvalue weighted by Gasteiger charge is -2.32. The second kappa shape index (κ2) is 9.42. The summed E-state index contributed by atoms with van der Waals surface area (Å²) in [5.41, 5.74) is 2.36. The second-order valence-electron chi connectivity index (χ2n) is 7.18. The van der Waals surface area contributed by atoms with E-state index in [2.05, 4.69) is 10.3 Å². The van der Waals surface area contributed by atoms with E-state index in [1.807, 2.05) is 30.3 Å². The monoisotopic (exact) mass is 467 g/mol. The van der Waals surface area contributed by atoms with Gasteiger partial charge in [-0.15, -0.1) is 0 Å². The summed E-state index contributed by atoms with van der Waals surface area (Å²) < 4.78 is 5.81. The Labute approximate surface area is 195 Å². The van der Waals surface area contributed by atoms with Crippen LogP contribution in [0, 0.1) is 0 Å². The summed E-state index contributed by atoms with van der Waals surface area (Å²) in [7, 11) is 0. The zero-order valence-corrected chi connectivity index (χ0v) is 18.6. The number of para-hydroxylation sites is 2. The Morgan fingerprint density at radius 3 is 2.66 bits per heavy atom. The highest BCUT2D eigenvalue weighted by Gasteiger charge is 2.28. The van der Waals surface area contributed by atoms with E-state index >= 15 is 0 Å². The molecule has 2 heterocycles. The molecule has 0 fully saturated rings. The van der Waals surface area contributed by atoms with Gasteiger partial charge in [0.25, 0.3) is 0 Å². The Morgan fingerprint density at radius 1 is 1.12 bits per heavy atom. The summed E-state index contributed by atoms with van der Waals surface area (Å²) in [6.45, 7) is 1.48. The van der Waals surface area contributed by atoms with E-state index < -0.39 is 6.04 Å². The van der Waals surface area contributed by atoms with Crippen molar-refractivity contribution in [3.63, 3.8) is 0 Å². The number of rotatable bonds is 5. The fraction of sp³-hybridized carbons (Fsp3) is 0.125. The zero-order chi connectivity index (χ0) is 22.7. The van der Waals surface area contributed by atoms with E-state index in [1.165, 1.54) is 19.2 Å². The highest BCUT2D eigenvalue weighted by molar-refractivity contribution is 6.35. The van der Waals surface area contributed by atoms with Crippen LogP contribution in [0.3, 0.4) is 0 Å². The highest BCUT2D eigenvalue weighted by atomic mass is 35.5. The van der Waals surface area contributed by atoms with Gasteiger partial charge in [-0.2, -0.15) is 0 Å². The molecule has 1 atom stereocenters. The Hall–Kier alpha value is -3.35. The van der Waals surface area contributed by atoms with Crippen molar-refractivity contribution in [2.75, 3.05) is 5.32 Å². The quantitative estimate of drug-likeness (QED) is 0.493. The van der Waals surface area contributed by atoms with Crippen molar-refractivity contribution in [3.8, 4) is 11.6 Å². The van der Waals surface area contributed by atoms with Crippen LogP contribution in [0.15, 0.2) is 67.0 Å². The molecule has 6 nitrogen and oxygen atoms in total. The van der Waals surface area contributed by atoms with Gasteiger partial charge in [0.2, 0.25) is 17.7 Å². The molecule has 162 valence electrons. The normalized spacial score (nSPS) is 14.6. The van der Waals surface area contributed by atoms with Crippen LogP contribution in [0.4, 0.5) is 5.69 Å². The molecular formula is C24H19Cl2N3O3. The molecule has 4 rings (SSSR count). The first-order chi connectivity index (χ1) is 15.4. The summed E-state index contributed by atoms with van der Waals surface area (Å²) in [5, 5.41) is 3.52. The van der Waals surface area contributed by atoms with Crippen LogP contribution >= 0.6 is 23.2 Å². The Kier molecular flexibility index (Phi) is 6.44. The topological polar surface area (TPSA) is 71.5 Å². The number of halogens is 2. The molecule has 1 aromatic heterocycles. The number of nitrogens with zero attached hydrogens (tertiary/aromatic N) is 2. The van der Waals surface area contributed by atoms with Crippen LogP contribution in [-0.4, -0.2) is 21.7 Å². The van der Waals surface area contributed by atoms with E-state index in [-0.39, 0.29) is 29.1 Å². The number of hydrogen-bond acceptors (Lipinski definition) is 4. The summed E-state index contributed by atoms with van der Waals surface area (Å²) >= 11 is 12.0. The molecule has 32 heavy (non-hydrogen) atoms. The summed E-state index contributed by atoms with van der Waals surface area (Å²) in [6.07, 6.45) is 5.09. The van der Waals surface area contributed by atoms with Gasteiger partial charge in [-0.3, -0.25) is 9.59 Å². The number of fused-ring (bicyclic) bond motifs is 1. The van der Waals surface area contributed by atoms with Gasteiger partial charge in [0.15, 0.2) is 5.75 Å². The van der Waals surface area contributed by atoms with E-state index in [9.17, 15) is 9.59 Å². The van der Waals surface area contributed by atoms with Crippen LogP contribution < -0.4 is 10.1 Å². The standard InChI is InChI=1S/C24H19Cl2N3O3/c1-15(30)29-11-10-16-6-2-3-7-18(16)21(29)13-23(31)28-20-8-4-5-9-22(20)32-24-19(26)12-17(25)14-27-24/h2-12,14,21H,13H2,1H3,(H,28,31). The maximum absolute atomic E-state index is 13.0. The molecule has 0 saturated heterocycles. The minimum absolute atomic E-state index is 0.0786. The first kappa shape index (κ1) is 21.9. The van der Waals surface area contributed by atoms with Crippen LogP contribution in [0.5, 0.6) is 11.6 Å². The van der Waals surface area contributed by atoms with Crippen LogP contribution in [0.1, 0.15) is 30.5 Å². The third kappa shape index (κ3) is 4.77. The Balaban J connectivity index is 1.54. The number of aromatic nitrogens is 1. The molecule has 0 aliphatic carbocycles. The molecule has 3 aromatic rings. The van der Waals surface area contributed by atoms with Gasteiger partial charge in [-0.05, 0) is 35.4 Å². The van der Waals surface area contributed by atoms with Gasteiger partial charge in [0.1, 0.15) is 5.02 Å². The first-order valence-corrected chi connectivity index (χ1v) is 10.6. The number of carbonyl (C=O) groups is 2. The fourth-order valence-corrected chi connectivity index (χ4v) is 3.95. The Bertz CT molecular complexity index is 1210. The minimum atomic E-state index is -0.408. The van der Waals surface area contributed by atoms with E-state index in [1.54, 1.807) is 35.4 Å². The van der Waals surface area contributed by atoms with E-state index in [4.69, 9.17) is 27.9 Å². The van der Waals surface area contributed by atoms with Crippen LogP contribution in [0.2, 0.25) is 10.0 Å². The molecular weight excluding hydrogens is 449 g/mol. The lowest BCUT2D eigenvalue weighted by Crippen LogP contribution is -2.33. The van der Waals surface area contributed by atoms with Gasteiger partial charge < -0.3 is 15.0 Å². The number of pyridine rings is 1. The van der Waals surface area contributed by atoms with Crippen molar-refractivity contribution in [1.29, 1.82) is 0 Å². The minimum Gasteiger partial charge on any atom is -0.435 e. The third-order valence-corrected chi connectivity index (χ3v) is 5.47. The maximum atomic E-state index is 13.0. The van der Waals surface area contributed by atoms with Crippen molar-refractivity contribution in [1.82, 2.24) is 9.88 Å². The van der Waals surface area contributed by atoms with E-state index in [0.29, 0.717) is 16.5 Å². The average Bonchev–Trinajstić information content (AvgIpc) is 2.77. The molecule has 1 N–H and O–H groups in total. The van der Waals surface area contributed by atoms with Gasteiger partial charge in [0, 0.05) is 19.3 Å². The van der Waals surface area contributed by atoms with Crippen molar-refractivity contribution in [3.05, 3.63) is 88.2 Å². The van der Waals surface area contributed by atoms with Gasteiger partial charge in [-0.25, -0.2) is 4.98 Å². The van der Waals surface area contributed by atoms with Gasteiger partial charge in [-0.1, -0.05) is 59.6 Å². The largest absolute Gasteiger partial charge is 0.435 e. The lowest BCUT2D eigenvalue weighted by atomic mass is 9.93. The number of anilines is 1. The van der Waals surface area contributed by atoms with Crippen molar-refractivity contribution in [2.24, 2.45) is 0 Å². The Morgan fingerprint density at radius 2 is 1.88 bits per heavy atom. The van der Waals surface area contributed by atoms with Gasteiger partial charge >= 0.3 is 0 Å². The number of benzene rings is 2. The molecule has 0 radical (unpaired) electrons. The summed E-state index contributed by atoms with van der Waals surface area (Å²) in [6, 6.07) is 15.8. The first-order valence-electron chi connectivity index (χ1n) is 9.86. The smallest absolute Gasteiger partial charge is 0.238 e. The average molecular weight is 468 g/mol. The third-order valence-electron chi connectivity index (χ3n) is 4.99. The molecule has 1 aliphatic heterocycles. The second-order valence-corrected chi connectivity index (χ2v) is 8.02. The molecule has 8 heteroatoms. The molecule has 0 spiro atoms. The van der Waals surface area contributed by atoms with Gasteiger partial charge in [0.05, 0.1) is 23.2 Å². The fourth-order valence-electron chi connectivity index (χ4n) is 3.53. The lowest BCUT2D eigenvalue weighted by molar-refractivity contribution is -0.129.